The molecule has 0 fully saturated rings. The average molecular weight is 250 g/mol. The summed E-state index contributed by atoms with van der Waals surface area (Å²) in [4.78, 5) is 8.44. The molecule has 0 heterocycles. The largest absolute Gasteiger partial charge is 0.492 e. The summed E-state index contributed by atoms with van der Waals surface area (Å²) in [5.74, 6) is 0.429. The van der Waals surface area contributed by atoms with Crippen molar-refractivity contribution in [2.45, 2.75) is 11.4 Å². The minimum absolute atomic E-state index is 0.0228. The summed E-state index contributed by atoms with van der Waals surface area (Å²) in [5, 5.41) is 19.4. The number of ether oxygens (including phenoxy) is 2. The molecular formula is C9H12ClNO5. The maximum atomic E-state index is 10.8. The summed E-state index contributed by atoms with van der Waals surface area (Å²) >= 11 is 5.83. The molecule has 0 saturated heterocycles. The lowest BCUT2D eigenvalue weighted by Gasteiger charge is -2.23. The number of nitro groups is 1. The van der Waals surface area contributed by atoms with Gasteiger partial charge in [-0.15, -0.1) is 0 Å². The molecule has 0 spiro atoms. The van der Waals surface area contributed by atoms with E-state index >= 15 is 0 Å². The zero-order chi connectivity index (χ0) is 12.2. The van der Waals surface area contributed by atoms with Gasteiger partial charge in [0.2, 0.25) is 0 Å². The van der Waals surface area contributed by atoms with Crippen LogP contribution in [0.4, 0.5) is 0 Å². The fourth-order valence-corrected chi connectivity index (χ4v) is 1.49. The monoisotopic (exact) mass is 249 g/mol. The first-order chi connectivity index (χ1) is 7.54. The van der Waals surface area contributed by atoms with Gasteiger partial charge in [0.1, 0.15) is 12.4 Å². The second-order valence-corrected chi connectivity index (χ2v) is 3.74. The molecule has 1 rings (SSSR count). The van der Waals surface area contributed by atoms with Crippen LogP contribution in [0.5, 0.6) is 0 Å². The Morgan fingerprint density at radius 3 is 2.94 bits per heavy atom. The fourth-order valence-electron chi connectivity index (χ4n) is 1.28. The third-order valence-electron chi connectivity index (χ3n) is 2.09. The van der Waals surface area contributed by atoms with E-state index < -0.39 is 9.92 Å². The predicted octanol–water partition coefficient (Wildman–Crippen LogP) is 1.03. The van der Waals surface area contributed by atoms with Gasteiger partial charge in [0.15, 0.2) is 5.76 Å². The number of nitrogens with zero attached hydrogens (tertiary/aromatic N) is 1. The average Bonchev–Trinajstić information content (AvgIpc) is 2.27. The van der Waals surface area contributed by atoms with Gasteiger partial charge in [-0.25, -0.2) is 0 Å². The molecule has 0 aromatic heterocycles. The van der Waals surface area contributed by atoms with E-state index in [9.17, 15) is 10.1 Å². The molecule has 0 aliphatic heterocycles. The third kappa shape index (κ3) is 2.45. The summed E-state index contributed by atoms with van der Waals surface area (Å²) < 4.78 is 9.99. The van der Waals surface area contributed by atoms with E-state index in [1.807, 2.05) is 0 Å². The maximum Gasteiger partial charge on any atom is 0.354 e. The molecule has 0 bridgehead atoms. The molecule has 16 heavy (non-hydrogen) atoms. The lowest BCUT2D eigenvalue weighted by atomic mass is 10.1. The lowest BCUT2D eigenvalue weighted by Crippen LogP contribution is -2.36. The van der Waals surface area contributed by atoms with E-state index in [4.69, 9.17) is 26.2 Å². The van der Waals surface area contributed by atoms with Gasteiger partial charge in [-0.2, -0.15) is 0 Å². The van der Waals surface area contributed by atoms with E-state index in [1.165, 1.54) is 19.3 Å². The van der Waals surface area contributed by atoms with E-state index in [-0.39, 0.29) is 25.4 Å². The van der Waals surface area contributed by atoms with Crippen molar-refractivity contribution in [3.8, 4) is 0 Å². The second-order valence-electron chi connectivity index (χ2n) is 3.11. The Morgan fingerprint density at radius 1 is 1.75 bits per heavy atom. The topological polar surface area (TPSA) is 81.8 Å². The number of halogens is 1. The highest BCUT2D eigenvalue weighted by Gasteiger charge is 2.47. The van der Waals surface area contributed by atoms with Crippen LogP contribution >= 0.6 is 11.6 Å². The van der Waals surface area contributed by atoms with Crippen molar-refractivity contribution < 1.29 is 19.5 Å². The van der Waals surface area contributed by atoms with Gasteiger partial charge in [0.05, 0.1) is 25.1 Å². The highest BCUT2D eigenvalue weighted by atomic mass is 35.5. The zero-order valence-electron chi connectivity index (χ0n) is 8.68. The molecule has 1 N–H and O–H groups in total. The normalized spacial score (nSPS) is 24.4. The van der Waals surface area contributed by atoms with Gasteiger partial charge >= 0.3 is 5.00 Å². The molecule has 6 nitrogen and oxygen atoms in total. The minimum atomic E-state index is -1.76. The van der Waals surface area contributed by atoms with Crippen molar-refractivity contribution in [2.75, 3.05) is 20.3 Å². The van der Waals surface area contributed by atoms with Gasteiger partial charge in [-0.05, 0) is 17.7 Å². The van der Waals surface area contributed by atoms with Crippen LogP contribution in [0.2, 0.25) is 0 Å². The third-order valence-corrected chi connectivity index (χ3v) is 2.57. The van der Waals surface area contributed by atoms with Crippen LogP contribution in [0.25, 0.3) is 0 Å². The number of alkyl halides is 1. The smallest absolute Gasteiger partial charge is 0.354 e. The lowest BCUT2D eigenvalue weighted by molar-refractivity contribution is -0.535. The molecule has 0 saturated carbocycles. The van der Waals surface area contributed by atoms with Gasteiger partial charge in [-0.3, -0.25) is 10.1 Å². The summed E-state index contributed by atoms with van der Waals surface area (Å²) in [6, 6.07) is 0. The fraction of sp³-hybridized carbons (Fsp3) is 0.556. The van der Waals surface area contributed by atoms with Gasteiger partial charge < -0.3 is 14.6 Å². The summed E-state index contributed by atoms with van der Waals surface area (Å²) in [7, 11) is 1.31. The van der Waals surface area contributed by atoms with Crippen LogP contribution in [0.15, 0.2) is 23.7 Å². The van der Waals surface area contributed by atoms with E-state index in [1.54, 1.807) is 0 Å². The van der Waals surface area contributed by atoms with Crippen molar-refractivity contribution in [2.24, 2.45) is 0 Å². The molecule has 0 aromatic carbocycles. The molecule has 1 aliphatic rings. The van der Waals surface area contributed by atoms with Crippen LogP contribution in [0.1, 0.15) is 6.42 Å². The van der Waals surface area contributed by atoms with Crippen LogP contribution < -0.4 is 0 Å². The molecule has 0 radical (unpaired) electrons. The van der Waals surface area contributed by atoms with E-state index in [2.05, 4.69) is 0 Å². The number of aliphatic hydroxyl groups excluding tert-OH is 1. The zero-order valence-corrected chi connectivity index (χ0v) is 9.44. The number of aliphatic hydroxyl groups is 1. The van der Waals surface area contributed by atoms with E-state index in [0.717, 1.165) is 0 Å². The van der Waals surface area contributed by atoms with Crippen molar-refractivity contribution in [1.82, 2.24) is 0 Å². The second kappa shape index (κ2) is 5.18. The van der Waals surface area contributed by atoms with Gasteiger partial charge in [0, 0.05) is 6.08 Å². The summed E-state index contributed by atoms with van der Waals surface area (Å²) in [5.41, 5.74) is 0. The highest BCUT2D eigenvalue weighted by Crippen LogP contribution is 2.35. The van der Waals surface area contributed by atoms with Crippen molar-refractivity contribution in [3.05, 3.63) is 33.8 Å². The Labute approximate surface area is 97.3 Å². The number of allylic oxidation sites excluding steroid dienone is 1. The SMILES string of the molecule is COC1=CC(OCCO)=CCC1(Cl)[N+](=O)[O-]. The van der Waals surface area contributed by atoms with Crippen molar-refractivity contribution >= 4 is 11.6 Å². The molecule has 0 aromatic rings. The van der Waals surface area contributed by atoms with Crippen LogP contribution in [-0.2, 0) is 9.47 Å². The Balaban J connectivity index is 2.85. The number of rotatable bonds is 5. The molecule has 1 atom stereocenters. The van der Waals surface area contributed by atoms with Gasteiger partial charge in [0.25, 0.3) is 0 Å². The maximum absolute atomic E-state index is 10.8. The Kier molecular flexibility index (Phi) is 4.14. The molecular weight excluding hydrogens is 238 g/mol. The van der Waals surface area contributed by atoms with Crippen LogP contribution in [0.3, 0.4) is 0 Å². The number of hydrogen-bond donors (Lipinski definition) is 1. The van der Waals surface area contributed by atoms with Crippen LogP contribution in [0, 0.1) is 10.1 Å². The highest BCUT2D eigenvalue weighted by molar-refractivity contribution is 6.24. The Morgan fingerprint density at radius 2 is 2.44 bits per heavy atom. The quantitative estimate of drug-likeness (QED) is 0.341. The number of methoxy groups -OCH3 is 1. The first-order valence-electron chi connectivity index (χ1n) is 4.58. The Hall–Kier alpha value is -1.27. The molecule has 1 aliphatic carbocycles. The van der Waals surface area contributed by atoms with E-state index in [0.29, 0.717) is 5.76 Å². The molecule has 1 unspecified atom stereocenters. The molecule has 0 amide bonds. The summed E-state index contributed by atoms with van der Waals surface area (Å²) in [6.07, 6.45) is 2.82. The van der Waals surface area contributed by atoms with Crippen LogP contribution in [-0.4, -0.2) is 35.4 Å². The Bertz CT molecular complexity index is 341. The minimum Gasteiger partial charge on any atom is -0.492 e. The molecule has 90 valence electrons. The number of hydrogen-bond acceptors (Lipinski definition) is 5. The van der Waals surface area contributed by atoms with Crippen molar-refractivity contribution in [3.63, 3.8) is 0 Å². The molecule has 7 heteroatoms. The summed E-state index contributed by atoms with van der Waals surface area (Å²) in [6.45, 7) is -0.0121. The first-order valence-corrected chi connectivity index (χ1v) is 4.95. The first kappa shape index (κ1) is 12.8. The predicted molar refractivity (Wildman–Crippen MR) is 56.4 cm³/mol. The van der Waals surface area contributed by atoms with Crippen molar-refractivity contribution in [1.29, 1.82) is 0 Å². The van der Waals surface area contributed by atoms with Gasteiger partial charge in [-0.1, -0.05) is 0 Å². The standard InChI is InChI=1S/C9H12ClNO5/c1-15-8-6-7(16-5-4-12)2-3-9(8,10)11(13)14/h2,6,12H,3-5H2,1H3.